The molecular formula is C14H21NO5S. The molecule has 21 heavy (non-hydrogen) atoms. The Hall–Kier alpha value is -1.60. The molecule has 0 fully saturated rings. The number of aliphatic carboxylic acids is 1. The lowest BCUT2D eigenvalue weighted by atomic mass is 10.0. The number of nitrogens with zero attached hydrogens (tertiary/aromatic N) is 1. The number of benzene rings is 1. The monoisotopic (exact) mass is 315 g/mol. The lowest BCUT2D eigenvalue weighted by molar-refractivity contribution is -0.137. The number of sulfonamides is 1. The van der Waals surface area contributed by atoms with E-state index < -0.39 is 22.5 Å². The van der Waals surface area contributed by atoms with E-state index in [2.05, 4.69) is 0 Å². The second-order valence-corrected chi connectivity index (χ2v) is 7.18. The van der Waals surface area contributed by atoms with Gasteiger partial charge in [-0.05, 0) is 36.1 Å². The van der Waals surface area contributed by atoms with Gasteiger partial charge in [-0.25, -0.2) is 8.42 Å². The standard InChI is InChI=1S/C14H21NO5S/c1-9(2)11-7-13(10(3)6-12(11)20-5)21(18,19)15(4)8-14(16)17/h6-7,9H,8H2,1-5H3,(H,16,17). The largest absolute Gasteiger partial charge is 0.496 e. The topological polar surface area (TPSA) is 83.9 Å². The highest BCUT2D eigenvalue weighted by molar-refractivity contribution is 7.89. The Labute approximate surface area is 125 Å². The summed E-state index contributed by atoms with van der Waals surface area (Å²) in [5.74, 6) is -0.488. The predicted octanol–water partition coefficient (Wildman–Crippen LogP) is 1.83. The van der Waals surface area contributed by atoms with Crippen LogP contribution in [0.3, 0.4) is 0 Å². The van der Waals surface area contributed by atoms with Crippen molar-refractivity contribution in [3.63, 3.8) is 0 Å². The van der Waals surface area contributed by atoms with Crippen LogP contribution < -0.4 is 4.74 Å². The highest BCUT2D eigenvalue weighted by Gasteiger charge is 2.26. The van der Waals surface area contributed by atoms with Crippen molar-refractivity contribution in [3.05, 3.63) is 23.3 Å². The number of likely N-dealkylation sites (N-methyl/N-ethyl adjacent to an activating group) is 1. The third kappa shape index (κ3) is 3.74. The minimum atomic E-state index is -3.85. The molecule has 0 aliphatic carbocycles. The first kappa shape index (κ1) is 17.5. The van der Waals surface area contributed by atoms with Gasteiger partial charge in [-0.2, -0.15) is 4.31 Å². The Kier molecular flexibility index (Phi) is 5.36. The van der Waals surface area contributed by atoms with E-state index in [1.165, 1.54) is 14.2 Å². The van der Waals surface area contributed by atoms with Crippen molar-refractivity contribution in [3.8, 4) is 5.75 Å². The van der Waals surface area contributed by atoms with E-state index in [1.807, 2.05) is 13.8 Å². The van der Waals surface area contributed by atoms with Crippen LogP contribution in [0.4, 0.5) is 0 Å². The van der Waals surface area contributed by atoms with Gasteiger partial charge in [-0.3, -0.25) is 4.79 Å². The van der Waals surface area contributed by atoms with Crippen molar-refractivity contribution >= 4 is 16.0 Å². The van der Waals surface area contributed by atoms with E-state index in [-0.39, 0.29) is 10.8 Å². The highest BCUT2D eigenvalue weighted by atomic mass is 32.2. The SMILES string of the molecule is COc1cc(C)c(S(=O)(=O)N(C)CC(=O)O)cc1C(C)C. The smallest absolute Gasteiger partial charge is 0.318 e. The summed E-state index contributed by atoms with van der Waals surface area (Å²) in [5.41, 5.74) is 1.29. The van der Waals surface area contributed by atoms with E-state index >= 15 is 0 Å². The van der Waals surface area contributed by atoms with Crippen molar-refractivity contribution in [1.82, 2.24) is 4.31 Å². The van der Waals surface area contributed by atoms with Gasteiger partial charge in [-0.1, -0.05) is 13.8 Å². The molecule has 7 heteroatoms. The number of hydrogen-bond donors (Lipinski definition) is 1. The van der Waals surface area contributed by atoms with Gasteiger partial charge in [0.2, 0.25) is 10.0 Å². The lowest BCUT2D eigenvalue weighted by Gasteiger charge is -2.20. The summed E-state index contributed by atoms with van der Waals surface area (Å²) in [4.78, 5) is 10.8. The fourth-order valence-corrected chi connectivity index (χ4v) is 3.38. The first-order chi connectivity index (χ1) is 9.61. The van der Waals surface area contributed by atoms with Crippen LogP contribution in [0, 0.1) is 6.92 Å². The van der Waals surface area contributed by atoms with Crippen LogP contribution in [-0.4, -0.2) is 44.5 Å². The molecule has 0 heterocycles. The normalized spacial score (nSPS) is 12.0. The summed E-state index contributed by atoms with van der Waals surface area (Å²) >= 11 is 0. The zero-order chi connectivity index (χ0) is 16.4. The van der Waals surface area contributed by atoms with Crippen LogP contribution in [0.5, 0.6) is 5.75 Å². The Bertz CT molecular complexity index is 637. The highest BCUT2D eigenvalue weighted by Crippen LogP contribution is 2.32. The lowest BCUT2D eigenvalue weighted by Crippen LogP contribution is -2.32. The number of hydrogen-bond acceptors (Lipinski definition) is 4. The average Bonchev–Trinajstić information content (AvgIpc) is 2.36. The molecule has 1 aromatic carbocycles. The van der Waals surface area contributed by atoms with Crippen molar-refractivity contribution in [1.29, 1.82) is 0 Å². The van der Waals surface area contributed by atoms with Crippen LogP contribution >= 0.6 is 0 Å². The molecule has 0 radical (unpaired) electrons. The average molecular weight is 315 g/mol. The van der Waals surface area contributed by atoms with Crippen molar-refractivity contribution in [2.75, 3.05) is 20.7 Å². The Balaban J connectivity index is 3.42. The Morgan fingerprint density at radius 2 is 1.95 bits per heavy atom. The molecule has 1 aromatic rings. The molecule has 0 atom stereocenters. The molecule has 118 valence electrons. The van der Waals surface area contributed by atoms with Gasteiger partial charge in [0.1, 0.15) is 12.3 Å². The maximum Gasteiger partial charge on any atom is 0.318 e. The van der Waals surface area contributed by atoms with Gasteiger partial charge in [0.25, 0.3) is 0 Å². The summed E-state index contributed by atoms with van der Waals surface area (Å²) in [5, 5.41) is 8.76. The molecular weight excluding hydrogens is 294 g/mol. The third-order valence-corrected chi connectivity index (χ3v) is 5.14. The molecule has 0 unspecified atom stereocenters. The maximum absolute atomic E-state index is 12.5. The molecule has 0 aliphatic rings. The quantitative estimate of drug-likeness (QED) is 0.866. The molecule has 0 bridgehead atoms. The minimum Gasteiger partial charge on any atom is -0.496 e. The molecule has 6 nitrogen and oxygen atoms in total. The molecule has 0 aromatic heterocycles. The van der Waals surface area contributed by atoms with E-state index in [9.17, 15) is 13.2 Å². The molecule has 1 N–H and O–H groups in total. The number of carbonyl (C=O) groups is 1. The summed E-state index contributed by atoms with van der Waals surface area (Å²) in [6.07, 6.45) is 0. The zero-order valence-corrected chi connectivity index (χ0v) is 13.7. The molecule has 0 aliphatic heterocycles. The minimum absolute atomic E-state index is 0.0827. The number of carboxylic acids is 1. The summed E-state index contributed by atoms with van der Waals surface area (Å²) in [7, 11) is -1.06. The zero-order valence-electron chi connectivity index (χ0n) is 12.9. The first-order valence-electron chi connectivity index (χ1n) is 6.48. The van der Waals surface area contributed by atoms with Crippen LogP contribution in [0.2, 0.25) is 0 Å². The van der Waals surface area contributed by atoms with Crippen LogP contribution in [-0.2, 0) is 14.8 Å². The van der Waals surface area contributed by atoms with Gasteiger partial charge in [0.05, 0.1) is 12.0 Å². The first-order valence-corrected chi connectivity index (χ1v) is 7.92. The van der Waals surface area contributed by atoms with Gasteiger partial charge in [0.15, 0.2) is 0 Å². The summed E-state index contributed by atoms with van der Waals surface area (Å²) < 4.78 is 31.1. The maximum atomic E-state index is 12.5. The second-order valence-electron chi connectivity index (χ2n) is 5.17. The van der Waals surface area contributed by atoms with Gasteiger partial charge < -0.3 is 9.84 Å². The Morgan fingerprint density at radius 3 is 2.38 bits per heavy atom. The summed E-state index contributed by atoms with van der Waals surface area (Å²) in [6.45, 7) is 4.95. The molecule has 0 spiro atoms. The molecule has 0 amide bonds. The van der Waals surface area contributed by atoms with E-state index in [0.717, 1.165) is 9.87 Å². The van der Waals surface area contributed by atoms with E-state index in [4.69, 9.17) is 9.84 Å². The number of ether oxygens (including phenoxy) is 1. The predicted molar refractivity (Wildman–Crippen MR) is 79.3 cm³/mol. The van der Waals surface area contributed by atoms with Crippen LogP contribution in [0.15, 0.2) is 17.0 Å². The number of methoxy groups -OCH3 is 1. The third-order valence-electron chi connectivity index (χ3n) is 3.20. The summed E-state index contributed by atoms with van der Waals surface area (Å²) in [6, 6.07) is 3.23. The fraction of sp³-hybridized carbons (Fsp3) is 0.500. The Morgan fingerprint density at radius 1 is 1.38 bits per heavy atom. The molecule has 0 saturated carbocycles. The van der Waals surface area contributed by atoms with E-state index in [1.54, 1.807) is 19.1 Å². The van der Waals surface area contributed by atoms with Crippen LogP contribution in [0.25, 0.3) is 0 Å². The van der Waals surface area contributed by atoms with Gasteiger partial charge in [0, 0.05) is 7.05 Å². The fourth-order valence-electron chi connectivity index (χ4n) is 2.03. The number of aryl methyl sites for hydroxylation is 1. The number of rotatable bonds is 6. The van der Waals surface area contributed by atoms with E-state index in [0.29, 0.717) is 11.3 Å². The molecule has 1 rings (SSSR count). The van der Waals surface area contributed by atoms with Crippen molar-refractivity contribution in [2.24, 2.45) is 0 Å². The van der Waals surface area contributed by atoms with Gasteiger partial charge >= 0.3 is 5.97 Å². The van der Waals surface area contributed by atoms with Crippen LogP contribution in [0.1, 0.15) is 30.9 Å². The second kappa shape index (κ2) is 6.44. The van der Waals surface area contributed by atoms with Gasteiger partial charge in [-0.15, -0.1) is 0 Å². The van der Waals surface area contributed by atoms with Crippen molar-refractivity contribution < 1.29 is 23.1 Å². The van der Waals surface area contributed by atoms with Crippen molar-refractivity contribution in [2.45, 2.75) is 31.6 Å². The molecule has 0 saturated heterocycles. The number of carboxylic acid groups (broad SMARTS) is 1.